The van der Waals surface area contributed by atoms with Crippen molar-refractivity contribution in [3.05, 3.63) is 71.8 Å². The average Bonchev–Trinajstić information content (AvgIpc) is 2.89. The second-order valence-electron chi connectivity index (χ2n) is 9.09. The number of unbranched alkanes of at least 4 members (excludes halogenated alkanes) is 6. The summed E-state index contributed by atoms with van der Waals surface area (Å²) in [6, 6.07) is 21.9. The molecule has 0 heterocycles. The highest BCUT2D eigenvalue weighted by Gasteiger charge is 2.24. The molecule has 0 spiro atoms. The van der Waals surface area contributed by atoms with E-state index in [9.17, 15) is 9.59 Å². The Morgan fingerprint density at radius 2 is 0.912 bits per heavy atom. The Bertz CT molecular complexity index is 734. The molecular weight excluding hydrogens is 424 g/mol. The van der Waals surface area contributed by atoms with Crippen LogP contribution in [0.25, 0.3) is 0 Å². The molecule has 0 aliphatic heterocycles. The lowest BCUT2D eigenvalue weighted by Crippen LogP contribution is -2.12. The summed E-state index contributed by atoms with van der Waals surface area (Å²) in [5, 5.41) is 0. The normalized spacial score (nSPS) is 12.6. The zero-order chi connectivity index (χ0) is 24.4. The van der Waals surface area contributed by atoms with Gasteiger partial charge >= 0.3 is 11.9 Å². The molecule has 0 saturated carbocycles. The number of ether oxygens (including phenoxy) is 2. The maximum atomic E-state index is 11.4. The van der Waals surface area contributed by atoms with Crippen LogP contribution in [0.1, 0.15) is 100 Å². The van der Waals surface area contributed by atoms with Crippen molar-refractivity contribution in [2.45, 2.75) is 88.9 Å². The van der Waals surface area contributed by atoms with E-state index in [-0.39, 0.29) is 11.9 Å². The predicted octanol–water partition coefficient (Wildman–Crippen LogP) is 7.58. The molecule has 0 N–H and O–H groups in total. The molecule has 186 valence electrons. The molecule has 0 bridgehead atoms. The first-order chi connectivity index (χ1) is 16.7. The Labute approximate surface area is 206 Å². The van der Waals surface area contributed by atoms with Gasteiger partial charge in [0, 0.05) is 12.8 Å². The SMILES string of the molecule is COC(=O)CCCCCCC(c1ccccc1)C(CCCCCCC(=O)OC)c1ccccc1. The van der Waals surface area contributed by atoms with Gasteiger partial charge in [0.2, 0.25) is 0 Å². The smallest absolute Gasteiger partial charge is 0.305 e. The van der Waals surface area contributed by atoms with Crippen LogP contribution < -0.4 is 0 Å². The van der Waals surface area contributed by atoms with Crippen molar-refractivity contribution in [3.8, 4) is 0 Å². The zero-order valence-electron chi connectivity index (χ0n) is 21.0. The highest BCUT2D eigenvalue weighted by Crippen LogP contribution is 2.40. The van der Waals surface area contributed by atoms with Crippen molar-refractivity contribution in [1.29, 1.82) is 0 Å². The Morgan fingerprint density at radius 3 is 1.26 bits per heavy atom. The average molecular weight is 467 g/mol. The van der Waals surface area contributed by atoms with Crippen molar-refractivity contribution in [2.24, 2.45) is 0 Å². The van der Waals surface area contributed by atoms with Gasteiger partial charge in [0.25, 0.3) is 0 Å². The molecule has 2 aromatic carbocycles. The molecule has 2 rings (SSSR count). The second-order valence-corrected chi connectivity index (χ2v) is 9.09. The lowest BCUT2D eigenvalue weighted by molar-refractivity contribution is -0.141. The Morgan fingerprint density at radius 1 is 0.559 bits per heavy atom. The molecule has 4 nitrogen and oxygen atoms in total. The topological polar surface area (TPSA) is 52.6 Å². The van der Waals surface area contributed by atoms with Crippen LogP contribution in [-0.4, -0.2) is 26.2 Å². The first-order valence-corrected chi connectivity index (χ1v) is 12.9. The van der Waals surface area contributed by atoms with Crippen LogP contribution in [-0.2, 0) is 19.1 Å². The summed E-state index contributed by atoms with van der Waals surface area (Å²) in [4.78, 5) is 22.7. The van der Waals surface area contributed by atoms with E-state index in [0.29, 0.717) is 24.7 Å². The molecule has 0 aliphatic carbocycles. The van der Waals surface area contributed by atoms with E-state index in [1.165, 1.54) is 25.3 Å². The van der Waals surface area contributed by atoms with Crippen LogP contribution in [0.4, 0.5) is 0 Å². The molecule has 0 aromatic heterocycles. The maximum absolute atomic E-state index is 11.4. The summed E-state index contributed by atoms with van der Waals surface area (Å²) < 4.78 is 9.50. The number of hydrogen-bond acceptors (Lipinski definition) is 4. The lowest BCUT2D eigenvalue weighted by Gasteiger charge is -2.29. The second kappa shape index (κ2) is 16.9. The van der Waals surface area contributed by atoms with Crippen LogP contribution >= 0.6 is 0 Å². The fourth-order valence-electron chi connectivity index (χ4n) is 4.78. The summed E-state index contributed by atoms with van der Waals surface area (Å²) in [5.41, 5.74) is 2.83. The van der Waals surface area contributed by atoms with Gasteiger partial charge in [0.1, 0.15) is 0 Å². The molecule has 2 unspecified atom stereocenters. The maximum Gasteiger partial charge on any atom is 0.305 e. The number of hydrogen-bond donors (Lipinski definition) is 0. The van der Waals surface area contributed by atoms with Gasteiger partial charge in [-0.2, -0.15) is 0 Å². The van der Waals surface area contributed by atoms with Gasteiger partial charge in [-0.15, -0.1) is 0 Å². The summed E-state index contributed by atoms with van der Waals surface area (Å²) in [6.45, 7) is 0. The van der Waals surface area contributed by atoms with E-state index < -0.39 is 0 Å². The monoisotopic (exact) mass is 466 g/mol. The number of carbonyl (C=O) groups excluding carboxylic acids is 2. The van der Waals surface area contributed by atoms with E-state index in [1.54, 1.807) is 0 Å². The molecule has 2 atom stereocenters. The Balaban J connectivity index is 1.99. The Kier molecular flexibility index (Phi) is 13.7. The van der Waals surface area contributed by atoms with Crippen molar-refractivity contribution < 1.29 is 19.1 Å². The zero-order valence-corrected chi connectivity index (χ0v) is 21.0. The minimum absolute atomic E-state index is 0.113. The molecule has 0 saturated heterocycles. The van der Waals surface area contributed by atoms with Gasteiger partial charge in [0.15, 0.2) is 0 Å². The van der Waals surface area contributed by atoms with Gasteiger partial charge in [-0.3, -0.25) is 9.59 Å². The number of carbonyl (C=O) groups is 2. The van der Waals surface area contributed by atoms with Gasteiger partial charge < -0.3 is 9.47 Å². The Hall–Kier alpha value is -2.62. The third kappa shape index (κ3) is 10.5. The first kappa shape index (κ1) is 27.6. The van der Waals surface area contributed by atoms with Crippen molar-refractivity contribution in [3.63, 3.8) is 0 Å². The quantitative estimate of drug-likeness (QED) is 0.178. The van der Waals surface area contributed by atoms with E-state index >= 15 is 0 Å². The predicted molar refractivity (Wildman–Crippen MR) is 138 cm³/mol. The fourth-order valence-corrected chi connectivity index (χ4v) is 4.78. The summed E-state index contributed by atoms with van der Waals surface area (Å²) in [5.74, 6) is 0.717. The number of methoxy groups -OCH3 is 2. The number of rotatable bonds is 17. The summed E-state index contributed by atoms with van der Waals surface area (Å²) in [6.07, 6.45) is 11.8. The van der Waals surface area contributed by atoms with Crippen LogP contribution in [0.2, 0.25) is 0 Å². The van der Waals surface area contributed by atoms with E-state index in [1.807, 2.05) is 0 Å². The number of benzene rings is 2. The molecule has 0 amide bonds. The molecule has 0 aliphatic rings. The lowest BCUT2D eigenvalue weighted by atomic mass is 9.76. The van der Waals surface area contributed by atoms with Gasteiger partial charge in [-0.05, 0) is 48.6 Å². The first-order valence-electron chi connectivity index (χ1n) is 12.9. The third-order valence-electron chi connectivity index (χ3n) is 6.69. The summed E-state index contributed by atoms with van der Waals surface area (Å²) >= 11 is 0. The van der Waals surface area contributed by atoms with Gasteiger partial charge in [-0.25, -0.2) is 0 Å². The molecular formula is C30H42O4. The van der Waals surface area contributed by atoms with Gasteiger partial charge in [-0.1, -0.05) is 99.2 Å². The van der Waals surface area contributed by atoms with Crippen LogP contribution in [0, 0.1) is 0 Å². The van der Waals surface area contributed by atoms with Crippen molar-refractivity contribution >= 4 is 11.9 Å². The third-order valence-corrected chi connectivity index (χ3v) is 6.69. The largest absolute Gasteiger partial charge is 0.469 e. The molecule has 34 heavy (non-hydrogen) atoms. The highest BCUT2D eigenvalue weighted by molar-refractivity contribution is 5.69. The standard InChI is InChI=1S/C30H42O4/c1-33-29(31)23-15-5-3-13-21-27(25-17-9-7-10-18-25)28(26-19-11-8-12-20-26)22-14-4-6-16-24-30(32)34-2/h7-12,17-20,27-28H,3-6,13-16,21-24H2,1-2H3. The van der Waals surface area contributed by atoms with Crippen LogP contribution in [0.5, 0.6) is 0 Å². The minimum atomic E-state index is -0.113. The van der Waals surface area contributed by atoms with Crippen molar-refractivity contribution in [2.75, 3.05) is 14.2 Å². The van der Waals surface area contributed by atoms with E-state index in [0.717, 1.165) is 64.2 Å². The molecule has 0 radical (unpaired) electrons. The highest BCUT2D eigenvalue weighted by atomic mass is 16.5. The summed E-state index contributed by atoms with van der Waals surface area (Å²) in [7, 11) is 2.91. The fraction of sp³-hybridized carbons (Fsp3) is 0.533. The number of esters is 2. The molecule has 2 aromatic rings. The van der Waals surface area contributed by atoms with Crippen molar-refractivity contribution in [1.82, 2.24) is 0 Å². The van der Waals surface area contributed by atoms with E-state index in [4.69, 9.17) is 9.47 Å². The van der Waals surface area contributed by atoms with E-state index in [2.05, 4.69) is 60.7 Å². The van der Waals surface area contributed by atoms with Gasteiger partial charge in [0.05, 0.1) is 14.2 Å². The minimum Gasteiger partial charge on any atom is -0.469 e. The molecule has 4 heteroatoms. The van der Waals surface area contributed by atoms with Crippen LogP contribution in [0.15, 0.2) is 60.7 Å². The van der Waals surface area contributed by atoms with Crippen LogP contribution in [0.3, 0.4) is 0 Å². The molecule has 0 fully saturated rings.